The van der Waals surface area contributed by atoms with Gasteiger partial charge in [0, 0.05) is 28.3 Å². The van der Waals surface area contributed by atoms with Crippen LogP contribution in [0, 0.1) is 11.8 Å². The normalized spacial score (nSPS) is 29.9. The summed E-state index contributed by atoms with van der Waals surface area (Å²) in [5.74, 6) is -2.47. The molecule has 1 spiro atoms. The van der Waals surface area contributed by atoms with Gasteiger partial charge in [0.05, 0.1) is 17.9 Å². The molecular weight excluding hydrogens is 525 g/mol. The number of carbonyl (C=O) groups is 3. The van der Waals surface area contributed by atoms with Crippen LogP contribution in [0.3, 0.4) is 0 Å². The van der Waals surface area contributed by atoms with Crippen LogP contribution in [0.1, 0.15) is 37.7 Å². The number of nitrogens with zero attached hydrogens (tertiary/aromatic N) is 1. The number of likely N-dealkylation sites (tertiary alicyclic amines) is 1. The number of halogens is 2. The summed E-state index contributed by atoms with van der Waals surface area (Å²) in [6.45, 7) is 0.251. The lowest BCUT2D eigenvalue weighted by atomic mass is 9.74. The van der Waals surface area contributed by atoms with Crippen LogP contribution >= 0.6 is 23.2 Å². The molecule has 5 atom stereocenters. The number of ether oxygens (including phenoxy) is 1. The summed E-state index contributed by atoms with van der Waals surface area (Å²) in [5, 5.41) is 6.84. The van der Waals surface area contributed by atoms with Crippen molar-refractivity contribution in [3.8, 4) is 0 Å². The summed E-state index contributed by atoms with van der Waals surface area (Å²) in [6.07, 6.45) is 8.20. The van der Waals surface area contributed by atoms with E-state index in [1.54, 1.807) is 23.1 Å². The summed E-state index contributed by atoms with van der Waals surface area (Å²) in [5.41, 5.74) is 0.135. The number of nitrogens with one attached hydrogen (secondary N) is 2. The van der Waals surface area contributed by atoms with Crippen molar-refractivity contribution in [2.75, 3.05) is 5.32 Å². The highest BCUT2D eigenvalue weighted by atomic mass is 35.5. The lowest BCUT2D eigenvalue weighted by Gasteiger charge is -2.34. The van der Waals surface area contributed by atoms with E-state index in [0.717, 1.165) is 31.2 Å². The molecule has 3 amide bonds. The molecule has 2 aromatic carbocycles. The Kier molecular flexibility index (Phi) is 6.70. The molecule has 2 N–H and O–H groups in total. The summed E-state index contributed by atoms with van der Waals surface area (Å²) in [4.78, 5) is 43.1. The van der Waals surface area contributed by atoms with Gasteiger partial charge in [-0.15, -0.1) is 0 Å². The molecule has 0 aromatic heterocycles. The zero-order valence-corrected chi connectivity index (χ0v) is 22.3. The van der Waals surface area contributed by atoms with Crippen molar-refractivity contribution in [2.45, 2.75) is 62.4 Å². The van der Waals surface area contributed by atoms with Gasteiger partial charge in [0.25, 0.3) is 0 Å². The van der Waals surface area contributed by atoms with Crippen LogP contribution in [0.15, 0.2) is 60.7 Å². The number of hydrogen-bond acceptors (Lipinski definition) is 4. The summed E-state index contributed by atoms with van der Waals surface area (Å²) < 4.78 is 6.42. The van der Waals surface area contributed by atoms with E-state index >= 15 is 0 Å². The van der Waals surface area contributed by atoms with E-state index in [1.165, 1.54) is 6.42 Å². The third-order valence-electron chi connectivity index (χ3n) is 8.20. The maximum Gasteiger partial charge on any atom is 0.246 e. The van der Waals surface area contributed by atoms with E-state index in [2.05, 4.69) is 10.6 Å². The van der Waals surface area contributed by atoms with Gasteiger partial charge in [-0.1, -0.05) is 84.9 Å². The van der Waals surface area contributed by atoms with Gasteiger partial charge in [0.1, 0.15) is 11.6 Å². The largest absolute Gasteiger partial charge is 0.359 e. The summed E-state index contributed by atoms with van der Waals surface area (Å²) in [7, 11) is 0. The van der Waals surface area contributed by atoms with Crippen LogP contribution in [0.4, 0.5) is 5.69 Å². The maximum absolute atomic E-state index is 14.1. The van der Waals surface area contributed by atoms with Crippen LogP contribution in [-0.4, -0.2) is 46.4 Å². The van der Waals surface area contributed by atoms with Gasteiger partial charge >= 0.3 is 0 Å². The molecule has 2 bridgehead atoms. The quantitative estimate of drug-likeness (QED) is 0.506. The van der Waals surface area contributed by atoms with E-state index < -0.39 is 29.6 Å². The van der Waals surface area contributed by atoms with E-state index in [1.807, 2.05) is 42.5 Å². The van der Waals surface area contributed by atoms with Gasteiger partial charge in [-0.3, -0.25) is 14.4 Å². The van der Waals surface area contributed by atoms with Crippen molar-refractivity contribution < 1.29 is 19.1 Å². The van der Waals surface area contributed by atoms with Gasteiger partial charge < -0.3 is 20.3 Å². The van der Waals surface area contributed by atoms with Crippen LogP contribution in [0.25, 0.3) is 0 Å². The molecule has 38 heavy (non-hydrogen) atoms. The second-order valence-corrected chi connectivity index (χ2v) is 11.5. The van der Waals surface area contributed by atoms with Gasteiger partial charge in [-0.05, 0) is 36.6 Å². The van der Waals surface area contributed by atoms with Gasteiger partial charge in [0.15, 0.2) is 0 Å². The third-order valence-corrected chi connectivity index (χ3v) is 8.64. The summed E-state index contributed by atoms with van der Waals surface area (Å²) >= 11 is 12.2. The molecule has 198 valence electrons. The predicted octanol–water partition coefficient (Wildman–Crippen LogP) is 4.73. The SMILES string of the molecule is O=C(Nc1cc(Cl)cc(Cl)c1)[C@@H]1[C@@H]2C=C[C@]3(O2)[C@@H]1C(=O)N(Cc1ccccc1)[C@H]3C(=O)NC1CCCCC1. The minimum atomic E-state index is -1.21. The molecule has 6 rings (SSSR count). The molecule has 3 aliphatic heterocycles. The first kappa shape index (κ1) is 25.4. The first-order valence-corrected chi connectivity index (χ1v) is 13.9. The second-order valence-electron chi connectivity index (χ2n) is 10.6. The fraction of sp³-hybridized carbons (Fsp3) is 0.414. The number of carbonyl (C=O) groups excluding carboxylic acids is 3. The molecule has 9 heteroatoms. The predicted molar refractivity (Wildman–Crippen MR) is 145 cm³/mol. The Bertz CT molecular complexity index is 1280. The molecule has 7 nitrogen and oxygen atoms in total. The zero-order valence-electron chi connectivity index (χ0n) is 20.7. The Morgan fingerprint density at radius 3 is 2.42 bits per heavy atom. The highest BCUT2D eigenvalue weighted by molar-refractivity contribution is 6.35. The number of hydrogen-bond donors (Lipinski definition) is 2. The van der Waals surface area contributed by atoms with Crippen molar-refractivity contribution in [3.05, 3.63) is 76.3 Å². The molecule has 0 radical (unpaired) electrons. The van der Waals surface area contributed by atoms with E-state index in [0.29, 0.717) is 15.7 Å². The average molecular weight is 554 g/mol. The van der Waals surface area contributed by atoms with Gasteiger partial charge in [-0.2, -0.15) is 0 Å². The maximum atomic E-state index is 14.1. The van der Waals surface area contributed by atoms with Crippen molar-refractivity contribution >= 4 is 46.6 Å². The van der Waals surface area contributed by atoms with Crippen molar-refractivity contribution in [1.82, 2.24) is 10.2 Å². The van der Waals surface area contributed by atoms with Crippen LogP contribution in [0.5, 0.6) is 0 Å². The topological polar surface area (TPSA) is 87.7 Å². The van der Waals surface area contributed by atoms with Crippen molar-refractivity contribution in [2.24, 2.45) is 11.8 Å². The van der Waals surface area contributed by atoms with E-state index in [-0.39, 0.29) is 30.3 Å². The first-order chi connectivity index (χ1) is 18.4. The van der Waals surface area contributed by atoms with Crippen LogP contribution < -0.4 is 10.6 Å². The molecule has 1 aliphatic carbocycles. The molecule has 3 fully saturated rings. The first-order valence-electron chi connectivity index (χ1n) is 13.1. The Hall–Kier alpha value is -2.87. The highest BCUT2D eigenvalue weighted by Crippen LogP contribution is 2.55. The van der Waals surface area contributed by atoms with Crippen molar-refractivity contribution in [3.63, 3.8) is 0 Å². The number of anilines is 1. The number of benzene rings is 2. The molecular formula is C29H29Cl2N3O4. The lowest BCUT2D eigenvalue weighted by molar-refractivity contribution is -0.142. The lowest BCUT2D eigenvalue weighted by Crippen LogP contribution is -2.56. The van der Waals surface area contributed by atoms with Gasteiger partial charge in [0.2, 0.25) is 17.7 Å². The number of amides is 3. The number of fused-ring (bicyclic) bond motifs is 1. The highest BCUT2D eigenvalue weighted by Gasteiger charge is 2.72. The second kappa shape index (κ2) is 10.0. The van der Waals surface area contributed by atoms with E-state index in [4.69, 9.17) is 27.9 Å². The Labute approximate surface area is 231 Å². The molecule has 2 aromatic rings. The molecule has 2 saturated heterocycles. The Morgan fingerprint density at radius 1 is 1.00 bits per heavy atom. The Balaban J connectivity index is 1.32. The van der Waals surface area contributed by atoms with E-state index in [9.17, 15) is 14.4 Å². The van der Waals surface area contributed by atoms with Crippen LogP contribution in [-0.2, 0) is 25.7 Å². The molecule has 3 heterocycles. The van der Waals surface area contributed by atoms with Gasteiger partial charge in [-0.25, -0.2) is 0 Å². The number of rotatable bonds is 6. The molecule has 0 unspecified atom stereocenters. The molecule has 4 aliphatic rings. The smallest absolute Gasteiger partial charge is 0.246 e. The third kappa shape index (κ3) is 4.40. The minimum absolute atomic E-state index is 0.0784. The summed E-state index contributed by atoms with van der Waals surface area (Å²) in [6, 6.07) is 13.6. The average Bonchev–Trinajstić information content (AvgIpc) is 3.52. The Morgan fingerprint density at radius 2 is 1.71 bits per heavy atom. The fourth-order valence-electron chi connectivity index (χ4n) is 6.60. The van der Waals surface area contributed by atoms with Crippen molar-refractivity contribution in [1.29, 1.82) is 0 Å². The monoisotopic (exact) mass is 553 g/mol. The minimum Gasteiger partial charge on any atom is -0.359 e. The molecule has 1 saturated carbocycles. The standard InChI is InChI=1S/C29H29Cl2N3O4/c30-18-13-19(31)15-21(14-18)33-26(35)23-22-11-12-29(38-22)24(23)28(37)34(16-17-7-3-1-4-8-17)25(29)27(36)32-20-9-5-2-6-10-20/h1,3-4,7-8,11-15,20,22-25H,2,5-6,9-10,16H2,(H,32,36)(H,33,35)/t22-,23+,24-,25-,29-/m0/s1. The van der Waals surface area contributed by atoms with Crippen LogP contribution in [0.2, 0.25) is 10.0 Å². The zero-order chi connectivity index (χ0) is 26.4. The fourth-order valence-corrected chi connectivity index (χ4v) is 7.12.